The van der Waals surface area contributed by atoms with Crippen LogP contribution in [0, 0.1) is 11.6 Å². The van der Waals surface area contributed by atoms with Crippen molar-refractivity contribution in [1.29, 1.82) is 0 Å². The van der Waals surface area contributed by atoms with E-state index in [0.29, 0.717) is 0 Å². The number of aromatic nitrogens is 2. The molecule has 1 aromatic heterocycles. The van der Waals surface area contributed by atoms with Crippen molar-refractivity contribution in [3.63, 3.8) is 0 Å². The van der Waals surface area contributed by atoms with Crippen LogP contribution in [0.3, 0.4) is 0 Å². The predicted molar refractivity (Wildman–Crippen MR) is 67.2 cm³/mol. The Bertz CT molecular complexity index is 813. The van der Waals surface area contributed by atoms with Crippen molar-refractivity contribution in [1.82, 2.24) is 15.5 Å². The molecule has 1 heterocycles. The normalized spacial score (nSPS) is 12.3. The van der Waals surface area contributed by atoms with Gasteiger partial charge in [0.15, 0.2) is 11.6 Å². The van der Waals surface area contributed by atoms with Gasteiger partial charge in [0.05, 0.1) is 5.56 Å². The number of nitrogens with one attached hydrogen (secondary N) is 1. The van der Waals surface area contributed by atoms with Gasteiger partial charge in [0.1, 0.15) is 6.42 Å². The lowest BCUT2D eigenvalue weighted by atomic mass is 10.1. The molecular formula is C13H7F8N3O2. The molecule has 0 spiro atoms. The minimum Gasteiger partial charge on any atom is -0.352 e. The Morgan fingerprint density at radius 2 is 1.73 bits per heavy atom. The van der Waals surface area contributed by atoms with Crippen molar-refractivity contribution >= 4 is 5.91 Å². The van der Waals surface area contributed by atoms with Gasteiger partial charge in [-0.25, -0.2) is 8.78 Å². The number of alkyl halides is 6. The van der Waals surface area contributed by atoms with Gasteiger partial charge in [-0.15, -0.1) is 0 Å². The van der Waals surface area contributed by atoms with E-state index < -0.39 is 65.7 Å². The fourth-order valence-corrected chi connectivity index (χ4v) is 1.79. The molecule has 1 N–H and O–H groups in total. The van der Waals surface area contributed by atoms with Crippen molar-refractivity contribution in [3.05, 3.63) is 35.2 Å². The summed E-state index contributed by atoms with van der Waals surface area (Å²) in [5, 5.41) is 4.63. The molecule has 142 valence electrons. The molecule has 0 bridgehead atoms. The molecule has 26 heavy (non-hydrogen) atoms. The quantitative estimate of drug-likeness (QED) is 0.812. The Morgan fingerprint density at radius 3 is 2.27 bits per heavy atom. The van der Waals surface area contributed by atoms with Gasteiger partial charge < -0.3 is 9.84 Å². The van der Waals surface area contributed by atoms with E-state index in [4.69, 9.17) is 0 Å². The van der Waals surface area contributed by atoms with Gasteiger partial charge in [-0.3, -0.25) is 4.79 Å². The highest BCUT2D eigenvalue weighted by molar-refractivity contribution is 5.76. The Morgan fingerprint density at radius 1 is 1.08 bits per heavy atom. The van der Waals surface area contributed by atoms with E-state index in [1.165, 1.54) is 0 Å². The lowest BCUT2D eigenvalue weighted by molar-refractivity contribution is -0.159. The van der Waals surface area contributed by atoms with Gasteiger partial charge in [0.2, 0.25) is 11.7 Å². The number of amides is 1. The molecule has 1 amide bonds. The maximum Gasteiger partial charge on any atom is 0.471 e. The van der Waals surface area contributed by atoms with Crippen LogP contribution in [0.5, 0.6) is 0 Å². The molecule has 0 radical (unpaired) electrons. The maximum atomic E-state index is 14.0. The monoisotopic (exact) mass is 389 g/mol. The molecule has 0 unspecified atom stereocenters. The number of hydrogen-bond acceptors (Lipinski definition) is 4. The molecule has 0 saturated heterocycles. The standard InChI is InChI=1S/C13H7F8N3O2/c14-8-5(4-22-7(25)3-12(16,17)18)1-2-6(9(8)15)10-23-11(26-24-10)13(19,20)21/h1-2H,3-4H2,(H,22,25). The Hall–Kier alpha value is -2.73. The van der Waals surface area contributed by atoms with Crippen LogP contribution in [0.1, 0.15) is 17.9 Å². The van der Waals surface area contributed by atoms with Crippen LogP contribution in [-0.4, -0.2) is 22.2 Å². The summed E-state index contributed by atoms with van der Waals surface area (Å²) >= 11 is 0. The van der Waals surface area contributed by atoms with Crippen LogP contribution < -0.4 is 5.32 Å². The number of carbonyl (C=O) groups is 1. The lowest BCUT2D eigenvalue weighted by Crippen LogP contribution is -2.28. The summed E-state index contributed by atoms with van der Waals surface area (Å²) in [6, 6.07) is 1.65. The topological polar surface area (TPSA) is 68.0 Å². The SMILES string of the molecule is O=C(CC(F)(F)F)NCc1ccc(-c2noc(C(F)(F)F)n2)c(F)c1F. The lowest BCUT2D eigenvalue weighted by Gasteiger charge is -2.09. The van der Waals surface area contributed by atoms with E-state index in [0.717, 1.165) is 12.1 Å². The van der Waals surface area contributed by atoms with Gasteiger partial charge in [0.25, 0.3) is 0 Å². The first-order valence-corrected chi connectivity index (χ1v) is 6.60. The second kappa shape index (κ2) is 6.88. The van der Waals surface area contributed by atoms with Crippen LogP contribution in [0.15, 0.2) is 16.7 Å². The molecule has 2 aromatic rings. The van der Waals surface area contributed by atoms with Crippen LogP contribution >= 0.6 is 0 Å². The molecule has 2 rings (SSSR count). The minimum atomic E-state index is -4.98. The van der Waals surface area contributed by atoms with E-state index in [-0.39, 0.29) is 0 Å². The molecule has 0 aliphatic carbocycles. The van der Waals surface area contributed by atoms with E-state index in [9.17, 15) is 39.9 Å². The molecule has 5 nitrogen and oxygen atoms in total. The van der Waals surface area contributed by atoms with Gasteiger partial charge in [-0.2, -0.15) is 31.3 Å². The van der Waals surface area contributed by atoms with E-state index >= 15 is 0 Å². The van der Waals surface area contributed by atoms with E-state index in [2.05, 4.69) is 14.7 Å². The maximum absolute atomic E-state index is 14.0. The first-order chi connectivity index (χ1) is 11.9. The number of nitrogens with zero attached hydrogens (tertiary/aromatic N) is 2. The zero-order valence-corrected chi connectivity index (χ0v) is 12.3. The summed E-state index contributed by atoms with van der Waals surface area (Å²) in [7, 11) is 0. The summed E-state index contributed by atoms with van der Waals surface area (Å²) in [4.78, 5) is 13.9. The van der Waals surface area contributed by atoms with Crippen molar-refractivity contribution in [3.8, 4) is 11.4 Å². The van der Waals surface area contributed by atoms with Crippen molar-refractivity contribution in [2.75, 3.05) is 0 Å². The minimum absolute atomic E-state index is 0.527. The van der Waals surface area contributed by atoms with Crippen molar-refractivity contribution < 1.29 is 44.4 Å². The Labute approximate surface area is 139 Å². The van der Waals surface area contributed by atoms with Crippen LogP contribution in [0.25, 0.3) is 11.4 Å². The van der Waals surface area contributed by atoms with Gasteiger partial charge in [-0.05, 0) is 6.07 Å². The first-order valence-electron chi connectivity index (χ1n) is 6.60. The molecule has 1 aromatic carbocycles. The highest BCUT2D eigenvalue weighted by Gasteiger charge is 2.39. The number of carbonyl (C=O) groups excluding carboxylic acids is 1. The third-order valence-corrected chi connectivity index (χ3v) is 2.91. The molecule has 0 saturated carbocycles. The Kier molecular flexibility index (Phi) is 5.18. The summed E-state index contributed by atoms with van der Waals surface area (Å²) in [6.45, 7) is -0.766. The van der Waals surface area contributed by atoms with Crippen LogP contribution in [0.4, 0.5) is 35.1 Å². The Balaban J connectivity index is 2.18. The van der Waals surface area contributed by atoms with Gasteiger partial charge in [0, 0.05) is 12.1 Å². The number of halogens is 8. The zero-order chi connectivity index (χ0) is 19.7. The van der Waals surface area contributed by atoms with Crippen molar-refractivity contribution in [2.45, 2.75) is 25.3 Å². The molecule has 0 aliphatic rings. The zero-order valence-electron chi connectivity index (χ0n) is 12.3. The summed E-state index contributed by atoms with van der Waals surface area (Å²) in [5.41, 5.74) is -1.28. The fraction of sp³-hybridized carbons (Fsp3) is 0.308. The summed E-state index contributed by atoms with van der Waals surface area (Å²) in [5.74, 6) is -7.35. The molecule has 13 heteroatoms. The highest BCUT2D eigenvalue weighted by atomic mass is 19.4. The third kappa shape index (κ3) is 4.67. The van der Waals surface area contributed by atoms with E-state index in [1.54, 1.807) is 5.32 Å². The highest BCUT2D eigenvalue weighted by Crippen LogP contribution is 2.31. The molecular weight excluding hydrogens is 382 g/mol. The largest absolute Gasteiger partial charge is 0.471 e. The molecule has 0 atom stereocenters. The smallest absolute Gasteiger partial charge is 0.352 e. The first kappa shape index (κ1) is 19.6. The molecule has 0 fully saturated rings. The predicted octanol–water partition coefficient (Wildman–Crippen LogP) is 3.60. The summed E-state index contributed by atoms with van der Waals surface area (Å²) in [6.07, 6.45) is -11.6. The molecule has 0 aliphatic heterocycles. The number of rotatable bonds is 4. The summed E-state index contributed by atoms with van der Waals surface area (Å²) < 4.78 is 105. The van der Waals surface area contributed by atoms with Crippen LogP contribution in [0.2, 0.25) is 0 Å². The average Bonchev–Trinajstić information content (AvgIpc) is 2.96. The average molecular weight is 389 g/mol. The van der Waals surface area contributed by atoms with E-state index in [1.807, 2.05) is 0 Å². The van der Waals surface area contributed by atoms with Crippen molar-refractivity contribution in [2.24, 2.45) is 0 Å². The second-order valence-corrected chi connectivity index (χ2v) is 4.89. The third-order valence-electron chi connectivity index (χ3n) is 2.91. The van der Waals surface area contributed by atoms with Crippen LogP contribution in [-0.2, 0) is 17.5 Å². The van der Waals surface area contributed by atoms with Gasteiger partial charge >= 0.3 is 18.2 Å². The number of benzene rings is 1. The fourth-order valence-electron chi connectivity index (χ4n) is 1.79. The number of hydrogen-bond donors (Lipinski definition) is 1. The second-order valence-electron chi connectivity index (χ2n) is 4.89. The van der Waals surface area contributed by atoms with Gasteiger partial charge in [-0.1, -0.05) is 11.2 Å².